The Bertz CT molecular complexity index is 1870. The van der Waals surface area contributed by atoms with Crippen molar-refractivity contribution in [1.82, 2.24) is 25.8 Å². The van der Waals surface area contributed by atoms with Crippen molar-refractivity contribution in [2.45, 2.75) is 197 Å². The standard InChI is InChI=1S/C26H44N4O6.C21H36N4O4.2CH4.ClH/c1-24(2,3)19(29-23(35)36-25(4,5)6)22(34)30-12-14-16(26(14,7)8)17(30)21(33)28-15(11-13-9-10-13)18(31)20(27)32;1-20(2,3)16(22)19(29)25-9-11-13(21(11,4)5)14(25)18(28)24-12(8-10-6-7-10)15(26)17(23)27;;;/h13-19,31H,9-12H2,1-8H3,(H2,27,32)(H,28,33)(H,29,35);10-16,26H,6-9,22H2,1-5H3,(H2,23,27)(H,24,28);2*1H4;1H/t14-,15?,16-,17?,18?,19?;11-,12?,13-,14?,15?,16+;;;/m00.../s1. The van der Waals surface area contributed by atoms with Crippen LogP contribution in [0, 0.1) is 57.2 Å². The van der Waals surface area contributed by atoms with Gasteiger partial charge >= 0.3 is 6.09 Å². The molecule has 68 heavy (non-hydrogen) atoms. The van der Waals surface area contributed by atoms with Gasteiger partial charge < -0.3 is 57.9 Å². The number of piperidine rings is 2. The number of carbonyl (C=O) groups is 7. The fourth-order valence-electron chi connectivity index (χ4n) is 10.3. The molecule has 0 aromatic heterocycles. The predicted octanol–water partition coefficient (Wildman–Crippen LogP) is 3.21. The minimum Gasteiger partial charge on any atom is -0.444 e. The van der Waals surface area contributed by atoms with E-state index in [4.69, 9.17) is 21.9 Å². The molecule has 2 aliphatic heterocycles. The molecule has 392 valence electrons. The maximum Gasteiger partial charge on any atom is 0.408 e. The molecule has 18 nitrogen and oxygen atoms in total. The van der Waals surface area contributed by atoms with Crippen LogP contribution in [0.5, 0.6) is 0 Å². The molecular weight excluding hydrogens is 896 g/mol. The minimum atomic E-state index is -1.50. The van der Waals surface area contributed by atoms with Crippen LogP contribution in [0.1, 0.15) is 143 Å². The summed E-state index contributed by atoms with van der Waals surface area (Å²) in [6.45, 7) is 25.7. The third-order valence-electron chi connectivity index (χ3n) is 15.1. The van der Waals surface area contributed by atoms with E-state index in [2.05, 4.69) is 43.6 Å². The quantitative estimate of drug-likeness (QED) is 0.118. The molecule has 12 atom stereocenters. The van der Waals surface area contributed by atoms with Crippen molar-refractivity contribution in [1.29, 1.82) is 0 Å². The van der Waals surface area contributed by atoms with Crippen molar-refractivity contribution in [3.05, 3.63) is 0 Å². The van der Waals surface area contributed by atoms with Gasteiger partial charge in [-0.1, -0.05) is 110 Å². The Hall–Kier alpha value is -3.74. The zero-order valence-electron chi connectivity index (χ0n) is 41.4. The zero-order chi connectivity index (χ0) is 49.3. The molecule has 4 aliphatic carbocycles. The van der Waals surface area contributed by atoms with Crippen molar-refractivity contribution in [2.75, 3.05) is 13.1 Å². The first-order valence-corrected chi connectivity index (χ1v) is 23.5. The summed E-state index contributed by atoms with van der Waals surface area (Å²) in [6.07, 6.45) is 1.32. The number of hydrogen-bond acceptors (Lipinski definition) is 11. The van der Waals surface area contributed by atoms with Crippen LogP contribution in [0.4, 0.5) is 4.79 Å². The monoisotopic (exact) mass is 985 g/mol. The fraction of sp³-hybridized carbons (Fsp3) is 0.857. The smallest absolute Gasteiger partial charge is 0.408 e. The van der Waals surface area contributed by atoms with E-state index in [9.17, 15) is 43.8 Å². The van der Waals surface area contributed by atoms with Gasteiger partial charge in [0, 0.05) is 13.1 Å². The number of nitrogens with zero attached hydrogens (tertiary/aromatic N) is 2. The molecule has 6 fully saturated rings. The lowest BCUT2D eigenvalue weighted by Crippen LogP contribution is -2.61. The molecule has 0 aromatic rings. The third kappa shape index (κ3) is 13.6. The van der Waals surface area contributed by atoms with Gasteiger partial charge in [0.25, 0.3) is 0 Å². The molecule has 4 saturated carbocycles. The molecule has 0 aromatic carbocycles. The summed E-state index contributed by atoms with van der Waals surface area (Å²) in [7, 11) is 0. The molecule has 19 heteroatoms. The summed E-state index contributed by atoms with van der Waals surface area (Å²) < 4.78 is 5.39. The number of nitrogens with one attached hydrogen (secondary N) is 3. The Kier molecular flexibility index (Phi) is 18.9. The number of halogens is 1. The summed E-state index contributed by atoms with van der Waals surface area (Å²) in [4.78, 5) is 92.8. The Balaban J connectivity index is 0.000000456. The number of rotatable bonds is 15. The number of hydrogen-bond donors (Lipinski definition) is 8. The van der Waals surface area contributed by atoms with Gasteiger partial charge in [-0.2, -0.15) is 0 Å². The van der Waals surface area contributed by atoms with E-state index in [-0.39, 0.29) is 79.5 Å². The summed E-state index contributed by atoms with van der Waals surface area (Å²) in [5.41, 5.74) is 14.9. The molecular formula is C49H89ClN8O10. The highest BCUT2D eigenvalue weighted by molar-refractivity contribution is 5.94. The van der Waals surface area contributed by atoms with Gasteiger partial charge in [-0.15, -0.1) is 12.4 Å². The number of primary amides is 2. The van der Waals surface area contributed by atoms with E-state index >= 15 is 0 Å². The third-order valence-corrected chi connectivity index (χ3v) is 15.1. The number of ether oxygens (including phenoxy) is 1. The SMILES string of the molecule is C.C.CC(C)(C)OC(=O)NC(C(=O)N1C[C@H]2[C@@H](C1C(=O)NC(CC1CC1)C(O)C(N)=O)C2(C)C)C(C)(C)C.CC(C)(C)[C@H](N)C(=O)N1C[C@H]2[C@@H](C1C(=O)NC(CC1CC1)C(O)C(N)=O)C2(C)C.Cl. The zero-order valence-corrected chi connectivity index (χ0v) is 42.3. The van der Waals surface area contributed by atoms with Crippen LogP contribution in [0.15, 0.2) is 0 Å². The van der Waals surface area contributed by atoms with Crippen molar-refractivity contribution in [3.8, 4) is 0 Å². The lowest BCUT2D eigenvalue weighted by molar-refractivity contribution is -0.145. The lowest BCUT2D eigenvalue weighted by atomic mass is 9.85. The normalized spacial score (nSPS) is 27.6. The van der Waals surface area contributed by atoms with Crippen LogP contribution in [-0.2, 0) is 33.5 Å². The number of aliphatic hydroxyl groups is 2. The van der Waals surface area contributed by atoms with Gasteiger partial charge in [-0.25, -0.2) is 4.79 Å². The van der Waals surface area contributed by atoms with Crippen LogP contribution in [0.2, 0.25) is 0 Å². The van der Waals surface area contributed by atoms with Crippen LogP contribution >= 0.6 is 12.4 Å². The fourth-order valence-corrected chi connectivity index (χ4v) is 10.3. The van der Waals surface area contributed by atoms with Gasteiger partial charge in [-0.3, -0.25) is 28.8 Å². The Labute approximate surface area is 411 Å². The van der Waals surface area contributed by atoms with E-state index in [1.807, 2.05) is 41.5 Å². The second kappa shape index (κ2) is 21.3. The van der Waals surface area contributed by atoms with Crippen molar-refractivity contribution >= 4 is 53.9 Å². The van der Waals surface area contributed by atoms with Gasteiger partial charge in [-0.05, 0) is 90.8 Å². The van der Waals surface area contributed by atoms with Crippen LogP contribution in [-0.4, -0.2) is 129 Å². The molecule has 7 unspecified atom stereocenters. The number of fused-ring (bicyclic) bond motifs is 2. The first-order valence-electron chi connectivity index (χ1n) is 23.5. The number of alkyl carbamates (subject to hydrolysis) is 1. The first kappa shape index (κ1) is 60.4. The second-order valence-corrected chi connectivity index (χ2v) is 24.3. The molecule has 6 aliphatic rings. The number of likely N-dealkylation sites (tertiary alicyclic amines) is 2. The Morgan fingerprint density at radius 3 is 1.28 bits per heavy atom. The van der Waals surface area contributed by atoms with E-state index in [0.717, 1.165) is 25.7 Å². The highest BCUT2D eigenvalue weighted by Crippen LogP contribution is 2.66. The molecule has 11 N–H and O–H groups in total. The summed E-state index contributed by atoms with van der Waals surface area (Å²) in [5.74, 6) is -1.97. The molecule has 0 bridgehead atoms. The van der Waals surface area contributed by atoms with E-state index in [1.165, 1.54) is 0 Å². The van der Waals surface area contributed by atoms with E-state index in [1.54, 1.807) is 30.6 Å². The van der Waals surface area contributed by atoms with E-state index < -0.39 is 88.7 Å². The first-order chi connectivity index (χ1) is 29.6. The summed E-state index contributed by atoms with van der Waals surface area (Å²) in [6, 6.07) is -4.58. The van der Waals surface area contributed by atoms with Crippen LogP contribution < -0.4 is 33.2 Å². The minimum absolute atomic E-state index is 0. The lowest BCUT2D eigenvalue weighted by Gasteiger charge is -2.38. The van der Waals surface area contributed by atoms with Crippen LogP contribution in [0.25, 0.3) is 0 Å². The maximum atomic E-state index is 13.9. The molecule has 6 rings (SSSR count). The average molecular weight is 986 g/mol. The molecule has 2 heterocycles. The van der Waals surface area contributed by atoms with E-state index in [0.29, 0.717) is 37.8 Å². The van der Waals surface area contributed by atoms with Gasteiger partial charge in [0.05, 0.1) is 18.1 Å². The maximum absolute atomic E-state index is 13.9. The van der Waals surface area contributed by atoms with Crippen molar-refractivity contribution in [2.24, 2.45) is 74.4 Å². The second-order valence-electron chi connectivity index (χ2n) is 24.3. The molecule has 0 radical (unpaired) electrons. The van der Waals surface area contributed by atoms with Crippen LogP contribution in [0.3, 0.4) is 0 Å². The average Bonchev–Trinajstić information content (AvgIpc) is 4.14. The summed E-state index contributed by atoms with van der Waals surface area (Å²) in [5, 5.41) is 29.0. The molecule has 2 saturated heterocycles. The highest BCUT2D eigenvalue weighted by Gasteiger charge is 2.71. The van der Waals surface area contributed by atoms with Crippen molar-refractivity contribution in [3.63, 3.8) is 0 Å². The van der Waals surface area contributed by atoms with Gasteiger partial charge in [0.1, 0.15) is 23.7 Å². The Morgan fingerprint density at radius 2 is 0.985 bits per heavy atom. The number of nitrogens with two attached hydrogens (primary N) is 3. The van der Waals surface area contributed by atoms with Gasteiger partial charge in [0.15, 0.2) is 12.2 Å². The topological polar surface area (TPSA) is 290 Å². The molecule has 7 amide bonds. The summed E-state index contributed by atoms with van der Waals surface area (Å²) >= 11 is 0. The Morgan fingerprint density at radius 1 is 0.632 bits per heavy atom. The molecule has 0 spiro atoms. The van der Waals surface area contributed by atoms with Crippen molar-refractivity contribution < 1.29 is 48.5 Å². The van der Waals surface area contributed by atoms with Gasteiger partial charge in [0.2, 0.25) is 35.4 Å². The number of carbonyl (C=O) groups excluding carboxylic acids is 7. The predicted molar refractivity (Wildman–Crippen MR) is 262 cm³/mol. The largest absolute Gasteiger partial charge is 0.444 e. The highest BCUT2D eigenvalue weighted by atomic mass is 35.5. The number of amides is 7. The number of aliphatic hydroxyl groups excluding tert-OH is 2.